The van der Waals surface area contributed by atoms with Crippen molar-refractivity contribution in [1.82, 2.24) is 0 Å². The van der Waals surface area contributed by atoms with E-state index in [9.17, 15) is 0 Å². The summed E-state index contributed by atoms with van der Waals surface area (Å²) in [6, 6.07) is 0. The Bertz CT molecular complexity index is 309. The molecule has 0 aliphatic heterocycles. The molecule has 0 nitrogen and oxygen atoms in total. The molecular formula is C32H72. The Labute approximate surface area is 209 Å². The highest BCUT2D eigenvalue weighted by Gasteiger charge is 2.45. The van der Waals surface area contributed by atoms with Crippen molar-refractivity contribution in [2.45, 2.75) is 181 Å². The lowest BCUT2D eigenvalue weighted by atomic mass is 9.54. The summed E-state index contributed by atoms with van der Waals surface area (Å²) in [4.78, 5) is 0. The van der Waals surface area contributed by atoms with Gasteiger partial charge in [-0.15, -0.1) is 0 Å². The molecule has 0 amide bonds. The molecule has 0 N–H and O–H groups in total. The molecule has 2 saturated carbocycles. The van der Waals surface area contributed by atoms with Crippen molar-refractivity contribution in [2.24, 2.45) is 28.6 Å². The molecule has 2 aliphatic rings. The van der Waals surface area contributed by atoms with Gasteiger partial charge in [-0.1, -0.05) is 155 Å². The number of rotatable bonds is 4. The zero-order valence-electron chi connectivity index (χ0n) is 26.2. The van der Waals surface area contributed by atoms with E-state index in [1.807, 2.05) is 27.7 Å². The predicted molar refractivity (Wildman–Crippen MR) is 156 cm³/mol. The van der Waals surface area contributed by atoms with Gasteiger partial charge in [0.05, 0.1) is 0 Å². The van der Waals surface area contributed by atoms with Gasteiger partial charge in [0, 0.05) is 0 Å². The van der Waals surface area contributed by atoms with Crippen LogP contribution in [0.4, 0.5) is 0 Å². The first-order valence-electron chi connectivity index (χ1n) is 15.0. The van der Waals surface area contributed by atoms with Crippen LogP contribution in [0.15, 0.2) is 0 Å². The van der Waals surface area contributed by atoms with Crippen LogP contribution in [-0.2, 0) is 0 Å². The summed E-state index contributed by atoms with van der Waals surface area (Å²) in [5, 5.41) is 0. The fourth-order valence-electron chi connectivity index (χ4n) is 4.42. The Morgan fingerprint density at radius 1 is 0.688 bits per heavy atom. The molecule has 2 unspecified atom stereocenters. The summed E-state index contributed by atoms with van der Waals surface area (Å²) < 4.78 is 0. The van der Waals surface area contributed by atoms with Gasteiger partial charge < -0.3 is 0 Å². The molecule has 0 aromatic heterocycles. The quantitative estimate of drug-likeness (QED) is 0.369. The molecule has 0 saturated heterocycles. The first-order chi connectivity index (χ1) is 15.0. The summed E-state index contributed by atoms with van der Waals surface area (Å²) in [7, 11) is 0. The predicted octanol–water partition coefficient (Wildman–Crippen LogP) is 12.7. The molecular weight excluding hydrogens is 384 g/mol. The van der Waals surface area contributed by atoms with Gasteiger partial charge in [0.2, 0.25) is 0 Å². The molecule has 0 heterocycles. The Balaban J connectivity index is -0.000000203. The Morgan fingerprint density at radius 2 is 1.09 bits per heavy atom. The van der Waals surface area contributed by atoms with Crippen molar-refractivity contribution in [2.75, 3.05) is 0 Å². The Morgan fingerprint density at radius 3 is 1.41 bits per heavy atom. The number of unbranched alkanes of at least 4 members (excludes halogenated alkanes) is 1. The molecule has 0 bridgehead atoms. The summed E-state index contributed by atoms with van der Waals surface area (Å²) >= 11 is 0. The molecule has 0 heteroatoms. The fourth-order valence-corrected chi connectivity index (χ4v) is 4.42. The average molecular weight is 457 g/mol. The van der Waals surface area contributed by atoms with Crippen molar-refractivity contribution in [1.29, 1.82) is 0 Å². The van der Waals surface area contributed by atoms with E-state index in [1.165, 1.54) is 64.2 Å². The third-order valence-corrected chi connectivity index (χ3v) is 6.44. The molecule has 0 aromatic carbocycles. The van der Waals surface area contributed by atoms with E-state index in [4.69, 9.17) is 0 Å². The maximum absolute atomic E-state index is 2.63. The molecule has 2 rings (SSSR count). The highest BCUT2D eigenvalue weighted by atomic mass is 14.5. The monoisotopic (exact) mass is 457 g/mol. The van der Waals surface area contributed by atoms with Crippen LogP contribution in [0.5, 0.6) is 0 Å². The van der Waals surface area contributed by atoms with Crippen LogP contribution in [0.2, 0.25) is 0 Å². The van der Waals surface area contributed by atoms with E-state index in [0.717, 1.165) is 17.8 Å². The van der Waals surface area contributed by atoms with E-state index in [0.29, 0.717) is 10.8 Å². The normalized spacial score (nSPS) is 26.2. The third kappa shape index (κ3) is 21.8. The number of hydrogen-bond acceptors (Lipinski definition) is 0. The van der Waals surface area contributed by atoms with Crippen LogP contribution < -0.4 is 0 Å². The van der Waals surface area contributed by atoms with Crippen molar-refractivity contribution < 1.29 is 0 Å². The lowest BCUT2D eigenvalue weighted by Crippen LogP contribution is -2.42. The maximum atomic E-state index is 2.63. The molecule has 2 atom stereocenters. The number of hydrogen-bond donors (Lipinski definition) is 0. The zero-order chi connectivity index (χ0) is 26.2. The van der Waals surface area contributed by atoms with Gasteiger partial charge in [0.1, 0.15) is 0 Å². The van der Waals surface area contributed by atoms with Crippen molar-refractivity contribution in [3.63, 3.8) is 0 Å². The van der Waals surface area contributed by atoms with Crippen LogP contribution in [0.3, 0.4) is 0 Å². The van der Waals surface area contributed by atoms with Gasteiger partial charge in [0.15, 0.2) is 0 Å². The zero-order valence-corrected chi connectivity index (χ0v) is 26.2. The average Bonchev–Trinajstić information content (AvgIpc) is 2.91. The second-order valence-corrected chi connectivity index (χ2v) is 11.4. The Hall–Kier alpha value is 0. The summed E-state index contributed by atoms with van der Waals surface area (Å²) in [6.07, 6.45) is 17.3. The summed E-state index contributed by atoms with van der Waals surface area (Å²) in [6.45, 7) is 32.8. The third-order valence-electron chi connectivity index (χ3n) is 6.44. The van der Waals surface area contributed by atoms with Crippen LogP contribution in [0.25, 0.3) is 0 Å². The van der Waals surface area contributed by atoms with Crippen molar-refractivity contribution >= 4 is 0 Å². The van der Waals surface area contributed by atoms with Gasteiger partial charge in [-0.05, 0) is 54.3 Å². The topological polar surface area (TPSA) is 0 Å². The van der Waals surface area contributed by atoms with Gasteiger partial charge in [-0.3, -0.25) is 0 Å². The highest BCUT2D eigenvalue weighted by molar-refractivity contribution is 4.95. The van der Waals surface area contributed by atoms with Crippen LogP contribution in [0, 0.1) is 28.6 Å². The lowest BCUT2D eigenvalue weighted by molar-refractivity contribution is -0.00872. The smallest absolute Gasteiger partial charge is 0.0269 e. The summed E-state index contributed by atoms with van der Waals surface area (Å²) in [5.41, 5.74) is 1.21. The minimum Gasteiger partial charge on any atom is -0.0683 e. The van der Waals surface area contributed by atoms with E-state index in [-0.39, 0.29) is 0 Å². The second kappa shape index (κ2) is 25.6. The standard InChI is InChI=1S/C16H30.C5H12.C4H10.C3H8.2C2H6/c1-4-13-11-15(12-13)16(3)10-8-6-7-9-14(16)5-2;1-5(2,3)4;1-3-4-2;1-3-2;2*1-2/h13-15H,4-12H2,1-3H3;1-4H3;3-4H2,1-2H3;3H2,1-2H3;2*1-2H3. The second-order valence-electron chi connectivity index (χ2n) is 11.4. The minimum absolute atomic E-state index is 0.500. The van der Waals surface area contributed by atoms with E-state index < -0.39 is 0 Å². The van der Waals surface area contributed by atoms with Crippen molar-refractivity contribution in [3.05, 3.63) is 0 Å². The lowest BCUT2D eigenvalue weighted by Gasteiger charge is -2.51. The van der Waals surface area contributed by atoms with Gasteiger partial charge in [-0.25, -0.2) is 0 Å². The highest BCUT2D eigenvalue weighted by Crippen LogP contribution is 2.55. The maximum Gasteiger partial charge on any atom is -0.0269 e. The first-order valence-corrected chi connectivity index (χ1v) is 15.0. The summed E-state index contributed by atoms with van der Waals surface area (Å²) in [5.74, 6) is 3.17. The molecule has 2 aliphatic carbocycles. The molecule has 0 radical (unpaired) electrons. The Kier molecular flexibility index (Phi) is 31.4. The van der Waals surface area contributed by atoms with Gasteiger partial charge in [-0.2, -0.15) is 0 Å². The molecule has 2 fully saturated rings. The van der Waals surface area contributed by atoms with Gasteiger partial charge in [0.25, 0.3) is 0 Å². The molecule has 32 heavy (non-hydrogen) atoms. The molecule has 0 spiro atoms. The first kappa shape index (κ1) is 39.2. The van der Waals surface area contributed by atoms with E-state index in [2.05, 4.69) is 76.2 Å². The minimum atomic E-state index is 0.500. The van der Waals surface area contributed by atoms with Gasteiger partial charge >= 0.3 is 0 Å². The SMILES string of the molecule is CC.CC.CC(C)(C)C.CCC.CCC1CC(C2(C)CCCCCC2CC)C1.CCCC. The van der Waals surface area contributed by atoms with Crippen molar-refractivity contribution in [3.8, 4) is 0 Å². The van der Waals surface area contributed by atoms with Crippen LogP contribution in [0.1, 0.15) is 181 Å². The van der Waals surface area contributed by atoms with Crippen LogP contribution >= 0.6 is 0 Å². The van der Waals surface area contributed by atoms with Crippen LogP contribution in [-0.4, -0.2) is 0 Å². The largest absolute Gasteiger partial charge is 0.0683 e. The molecule has 0 aromatic rings. The molecule has 200 valence electrons. The van der Waals surface area contributed by atoms with E-state index in [1.54, 1.807) is 12.8 Å². The van der Waals surface area contributed by atoms with E-state index >= 15 is 0 Å². The fraction of sp³-hybridized carbons (Fsp3) is 1.00.